The molecule has 0 radical (unpaired) electrons. The lowest BCUT2D eigenvalue weighted by atomic mass is 10.0. The van der Waals surface area contributed by atoms with E-state index in [1.165, 1.54) is 6.92 Å². The number of carbonyl (C=O) groups excluding carboxylic acids is 2. The Morgan fingerprint density at radius 3 is 2.13 bits per heavy atom. The summed E-state index contributed by atoms with van der Waals surface area (Å²) in [5.74, 6) is -8.43. The molecule has 1 saturated heterocycles. The van der Waals surface area contributed by atoms with Crippen LogP contribution in [0, 0.1) is 17.5 Å². The zero-order valence-electron chi connectivity index (χ0n) is 12.3. The number of allylic oxidation sites excluding steroid dienone is 1. The summed E-state index contributed by atoms with van der Waals surface area (Å²) in [7, 11) is 0. The molecule has 1 N–H and O–H groups in total. The summed E-state index contributed by atoms with van der Waals surface area (Å²) in [5, 5.41) is 9.89. The van der Waals surface area contributed by atoms with E-state index in [0.29, 0.717) is 12.1 Å². The number of cyclic esters (lactones) is 2. The number of carbonyl (C=O) groups is 2. The van der Waals surface area contributed by atoms with Crippen molar-refractivity contribution in [3.8, 4) is 0 Å². The van der Waals surface area contributed by atoms with Gasteiger partial charge in [0.15, 0.2) is 17.2 Å². The largest absolute Gasteiger partial charge is 0.511 e. The number of hydrogen-bond acceptors (Lipinski definition) is 5. The minimum Gasteiger partial charge on any atom is -0.511 e. The van der Waals surface area contributed by atoms with E-state index in [0.717, 1.165) is 0 Å². The number of rotatable bonds is 3. The van der Waals surface area contributed by atoms with Gasteiger partial charge in [-0.05, 0) is 11.6 Å². The monoisotopic (exact) mass is 330 g/mol. The Kier molecular flexibility index (Phi) is 4.35. The molecular formula is C15H13F3O5. The van der Waals surface area contributed by atoms with Gasteiger partial charge in [0.25, 0.3) is 5.79 Å². The number of aliphatic hydroxyl groups is 1. The molecule has 0 spiro atoms. The van der Waals surface area contributed by atoms with E-state index >= 15 is 0 Å². The summed E-state index contributed by atoms with van der Waals surface area (Å²) in [6, 6.07) is 0.825. The normalized spacial score (nSPS) is 21.0. The first kappa shape index (κ1) is 16.9. The molecule has 0 aromatic heterocycles. The van der Waals surface area contributed by atoms with Crippen molar-refractivity contribution in [2.75, 3.05) is 0 Å². The standard InChI is InChI=1S/C15H13F3O5/c1-3-15(2)22-13(20)12(14(21)23-15)11(19)5-7-4-9(17)10(18)6-8(7)16/h4,6,19H,3,5H2,1-2H3. The van der Waals surface area contributed by atoms with Crippen LogP contribution < -0.4 is 0 Å². The zero-order chi connectivity index (χ0) is 17.4. The maximum Gasteiger partial charge on any atom is 0.352 e. The first-order valence-electron chi connectivity index (χ1n) is 6.69. The lowest BCUT2D eigenvalue weighted by molar-refractivity contribution is -0.230. The van der Waals surface area contributed by atoms with Crippen LogP contribution in [0.1, 0.15) is 25.8 Å². The lowest BCUT2D eigenvalue weighted by Crippen LogP contribution is -2.44. The molecule has 1 fully saturated rings. The van der Waals surface area contributed by atoms with Gasteiger partial charge in [-0.3, -0.25) is 0 Å². The SMILES string of the molecule is CCC1(C)OC(=O)C(=C(O)Cc2cc(F)c(F)cc2F)C(=O)O1. The Balaban J connectivity index is 2.34. The van der Waals surface area contributed by atoms with Gasteiger partial charge in [-0.2, -0.15) is 0 Å². The van der Waals surface area contributed by atoms with Gasteiger partial charge < -0.3 is 14.6 Å². The van der Waals surface area contributed by atoms with Crippen LogP contribution in [-0.4, -0.2) is 22.8 Å². The topological polar surface area (TPSA) is 72.8 Å². The van der Waals surface area contributed by atoms with Crippen LogP contribution in [0.25, 0.3) is 0 Å². The third kappa shape index (κ3) is 3.30. The summed E-state index contributed by atoms with van der Waals surface area (Å²) >= 11 is 0. The van der Waals surface area contributed by atoms with Gasteiger partial charge in [0.2, 0.25) is 0 Å². The molecule has 2 rings (SSSR count). The number of ether oxygens (including phenoxy) is 2. The average Bonchev–Trinajstić information content (AvgIpc) is 2.43. The van der Waals surface area contributed by atoms with Gasteiger partial charge in [-0.15, -0.1) is 0 Å². The molecule has 1 aliphatic heterocycles. The lowest BCUT2D eigenvalue weighted by Gasteiger charge is -2.32. The van der Waals surface area contributed by atoms with Crippen molar-refractivity contribution in [1.82, 2.24) is 0 Å². The maximum absolute atomic E-state index is 13.6. The van der Waals surface area contributed by atoms with E-state index in [1.54, 1.807) is 6.92 Å². The molecule has 0 saturated carbocycles. The van der Waals surface area contributed by atoms with E-state index in [9.17, 15) is 27.9 Å². The van der Waals surface area contributed by atoms with Crippen molar-refractivity contribution in [3.05, 3.63) is 46.5 Å². The highest BCUT2D eigenvalue weighted by molar-refractivity contribution is 6.15. The van der Waals surface area contributed by atoms with Crippen LogP contribution in [0.4, 0.5) is 13.2 Å². The van der Waals surface area contributed by atoms with Crippen LogP contribution in [0.3, 0.4) is 0 Å². The third-order valence-electron chi connectivity index (χ3n) is 3.40. The number of benzene rings is 1. The molecule has 1 aromatic rings. The molecule has 1 aliphatic rings. The second-order valence-electron chi connectivity index (χ2n) is 5.12. The molecule has 124 valence electrons. The highest BCUT2D eigenvalue weighted by Gasteiger charge is 2.43. The van der Waals surface area contributed by atoms with Gasteiger partial charge in [0.05, 0.1) is 0 Å². The van der Waals surface area contributed by atoms with Crippen LogP contribution in [0.5, 0.6) is 0 Å². The number of esters is 2. The van der Waals surface area contributed by atoms with Gasteiger partial charge in [0, 0.05) is 25.8 Å². The fourth-order valence-electron chi connectivity index (χ4n) is 1.95. The molecular weight excluding hydrogens is 317 g/mol. The van der Waals surface area contributed by atoms with Crippen molar-refractivity contribution in [1.29, 1.82) is 0 Å². The highest BCUT2D eigenvalue weighted by Crippen LogP contribution is 2.28. The Morgan fingerprint density at radius 1 is 1.09 bits per heavy atom. The van der Waals surface area contributed by atoms with Gasteiger partial charge in [-0.25, -0.2) is 22.8 Å². The molecule has 0 atom stereocenters. The van der Waals surface area contributed by atoms with Crippen LogP contribution >= 0.6 is 0 Å². The predicted octanol–water partition coefficient (Wildman–Crippen LogP) is 2.68. The first-order valence-corrected chi connectivity index (χ1v) is 6.69. The van der Waals surface area contributed by atoms with Crippen molar-refractivity contribution < 1.29 is 37.3 Å². The molecule has 0 unspecified atom stereocenters. The second-order valence-corrected chi connectivity index (χ2v) is 5.12. The molecule has 0 amide bonds. The Labute approximate surface area is 129 Å². The van der Waals surface area contributed by atoms with Crippen LogP contribution in [0.15, 0.2) is 23.5 Å². The number of halogens is 3. The summed E-state index contributed by atoms with van der Waals surface area (Å²) < 4.78 is 49.4. The second kappa shape index (κ2) is 5.94. The molecule has 5 nitrogen and oxygen atoms in total. The maximum atomic E-state index is 13.6. The summed E-state index contributed by atoms with van der Waals surface area (Å²) in [6.07, 6.45) is -0.512. The Hall–Kier alpha value is -2.51. The minimum absolute atomic E-state index is 0.191. The first-order chi connectivity index (χ1) is 10.7. The summed E-state index contributed by atoms with van der Waals surface area (Å²) in [6.45, 7) is 2.98. The molecule has 23 heavy (non-hydrogen) atoms. The van der Waals surface area contributed by atoms with Crippen molar-refractivity contribution in [3.63, 3.8) is 0 Å². The van der Waals surface area contributed by atoms with Crippen molar-refractivity contribution >= 4 is 11.9 Å². The van der Waals surface area contributed by atoms with Gasteiger partial charge >= 0.3 is 11.9 Å². The average molecular weight is 330 g/mol. The third-order valence-corrected chi connectivity index (χ3v) is 3.40. The molecule has 8 heteroatoms. The summed E-state index contributed by atoms with van der Waals surface area (Å²) in [4.78, 5) is 23.7. The van der Waals surface area contributed by atoms with Crippen molar-refractivity contribution in [2.24, 2.45) is 0 Å². The minimum atomic E-state index is -1.45. The molecule has 0 bridgehead atoms. The predicted molar refractivity (Wildman–Crippen MR) is 70.6 cm³/mol. The molecule has 1 aromatic carbocycles. The number of hydrogen-bond donors (Lipinski definition) is 1. The Bertz CT molecular complexity index is 691. The van der Waals surface area contributed by atoms with Crippen molar-refractivity contribution in [2.45, 2.75) is 32.5 Å². The van der Waals surface area contributed by atoms with Crippen LogP contribution in [0.2, 0.25) is 0 Å². The van der Waals surface area contributed by atoms with E-state index in [1.807, 2.05) is 0 Å². The Morgan fingerprint density at radius 2 is 1.61 bits per heavy atom. The van der Waals surface area contributed by atoms with E-state index < -0.39 is 58.5 Å². The van der Waals surface area contributed by atoms with Crippen LogP contribution in [-0.2, 0) is 25.5 Å². The fourth-order valence-corrected chi connectivity index (χ4v) is 1.95. The fraction of sp³-hybridized carbons (Fsp3) is 0.333. The quantitative estimate of drug-likeness (QED) is 0.303. The molecule has 0 aliphatic carbocycles. The zero-order valence-corrected chi connectivity index (χ0v) is 12.3. The number of aliphatic hydroxyl groups excluding tert-OH is 1. The van der Waals surface area contributed by atoms with Gasteiger partial charge in [0.1, 0.15) is 11.6 Å². The highest BCUT2D eigenvalue weighted by atomic mass is 19.2. The molecule has 1 heterocycles. The summed E-state index contributed by atoms with van der Waals surface area (Å²) in [5.41, 5.74) is -1.24. The van der Waals surface area contributed by atoms with E-state index in [-0.39, 0.29) is 6.42 Å². The van der Waals surface area contributed by atoms with E-state index in [2.05, 4.69) is 0 Å². The smallest absolute Gasteiger partial charge is 0.352 e. The van der Waals surface area contributed by atoms with Gasteiger partial charge in [-0.1, -0.05) is 6.92 Å². The van der Waals surface area contributed by atoms with E-state index in [4.69, 9.17) is 9.47 Å².